The van der Waals surface area contributed by atoms with Crippen molar-refractivity contribution < 1.29 is 9.47 Å². The molecule has 128 valence electrons. The standard InChI is InChI=1S/C24H20O2/c1-15(2)17-8-9-20-18-5-3-4-6-19(18)21(22(20)13-17)11-16-7-10-23-24(12-16)26-14-25-23/h3-13,15H,14H2,1-2H3/b21-11+. The molecule has 0 fully saturated rings. The molecule has 0 spiro atoms. The molecule has 1 aliphatic heterocycles. The van der Waals surface area contributed by atoms with Crippen LogP contribution in [0.2, 0.25) is 0 Å². The number of rotatable bonds is 2. The molecule has 26 heavy (non-hydrogen) atoms. The molecule has 1 heterocycles. The SMILES string of the molecule is CC(C)c1ccc2c(c1)/C(=C/c1ccc3c(c1)OCO3)c1ccccc1-2. The van der Waals surface area contributed by atoms with Crippen molar-refractivity contribution in [3.8, 4) is 22.6 Å². The molecule has 0 saturated heterocycles. The first kappa shape index (κ1) is 15.3. The predicted molar refractivity (Wildman–Crippen MR) is 106 cm³/mol. The average Bonchev–Trinajstić information content (AvgIpc) is 3.24. The van der Waals surface area contributed by atoms with E-state index in [1.54, 1.807) is 0 Å². The molecule has 3 aromatic rings. The average molecular weight is 340 g/mol. The van der Waals surface area contributed by atoms with Gasteiger partial charge in [-0.05, 0) is 63.1 Å². The second kappa shape index (κ2) is 5.77. The summed E-state index contributed by atoms with van der Waals surface area (Å²) in [5, 5.41) is 0. The molecule has 2 heteroatoms. The van der Waals surface area contributed by atoms with Crippen LogP contribution in [0.25, 0.3) is 22.8 Å². The number of hydrogen-bond acceptors (Lipinski definition) is 2. The lowest BCUT2D eigenvalue weighted by Gasteiger charge is -2.09. The lowest BCUT2D eigenvalue weighted by molar-refractivity contribution is 0.174. The van der Waals surface area contributed by atoms with E-state index < -0.39 is 0 Å². The van der Waals surface area contributed by atoms with Crippen LogP contribution in [0.15, 0.2) is 60.7 Å². The summed E-state index contributed by atoms with van der Waals surface area (Å²) in [6, 6.07) is 21.7. The zero-order valence-corrected chi connectivity index (χ0v) is 15.0. The van der Waals surface area contributed by atoms with Gasteiger partial charge in [-0.2, -0.15) is 0 Å². The lowest BCUT2D eigenvalue weighted by Crippen LogP contribution is -1.92. The predicted octanol–water partition coefficient (Wildman–Crippen LogP) is 6.11. The third-order valence-electron chi connectivity index (χ3n) is 5.22. The monoisotopic (exact) mass is 340 g/mol. The van der Waals surface area contributed by atoms with Gasteiger partial charge in [0.2, 0.25) is 6.79 Å². The minimum absolute atomic E-state index is 0.304. The van der Waals surface area contributed by atoms with Crippen molar-refractivity contribution in [2.24, 2.45) is 0 Å². The summed E-state index contributed by atoms with van der Waals surface area (Å²) in [5.74, 6) is 2.15. The molecule has 0 saturated carbocycles. The van der Waals surface area contributed by atoms with E-state index in [0.29, 0.717) is 12.7 Å². The van der Waals surface area contributed by atoms with E-state index in [1.807, 2.05) is 6.07 Å². The normalized spacial score (nSPS) is 15.4. The second-order valence-corrected chi connectivity index (χ2v) is 7.18. The van der Waals surface area contributed by atoms with Gasteiger partial charge < -0.3 is 9.47 Å². The quantitative estimate of drug-likeness (QED) is 0.438. The van der Waals surface area contributed by atoms with Gasteiger partial charge in [0.1, 0.15) is 0 Å². The Hall–Kier alpha value is -3.00. The van der Waals surface area contributed by atoms with Gasteiger partial charge in [0.15, 0.2) is 11.5 Å². The van der Waals surface area contributed by atoms with Gasteiger partial charge in [-0.3, -0.25) is 0 Å². The van der Waals surface area contributed by atoms with Gasteiger partial charge in [-0.15, -0.1) is 0 Å². The molecule has 1 aliphatic carbocycles. The van der Waals surface area contributed by atoms with Crippen molar-refractivity contribution in [3.05, 3.63) is 82.9 Å². The van der Waals surface area contributed by atoms with Crippen LogP contribution in [-0.2, 0) is 0 Å². The molecule has 0 unspecified atom stereocenters. The zero-order valence-electron chi connectivity index (χ0n) is 15.0. The molecule has 2 nitrogen and oxygen atoms in total. The Kier molecular flexibility index (Phi) is 3.39. The highest BCUT2D eigenvalue weighted by atomic mass is 16.7. The van der Waals surface area contributed by atoms with Gasteiger partial charge in [0.05, 0.1) is 0 Å². The first-order valence-electron chi connectivity index (χ1n) is 9.06. The van der Waals surface area contributed by atoms with Crippen LogP contribution in [-0.4, -0.2) is 6.79 Å². The Bertz CT molecular complexity index is 1040. The summed E-state index contributed by atoms with van der Waals surface area (Å²) in [6.07, 6.45) is 2.26. The summed E-state index contributed by atoms with van der Waals surface area (Å²) in [6.45, 7) is 4.79. The molecule has 3 aromatic carbocycles. The fraction of sp³-hybridized carbons (Fsp3) is 0.167. The molecule has 0 aromatic heterocycles. The summed E-state index contributed by atoms with van der Waals surface area (Å²) < 4.78 is 11.0. The van der Waals surface area contributed by atoms with Crippen LogP contribution in [0.4, 0.5) is 0 Å². The minimum atomic E-state index is 0.304. The smallest absolute Gasteiger partial charge is 0.231 e. The topological polar surface area (TPSA) is 18.5 Å². The number of benzene rings is 3. The Labute approximate surface area is 153 Å². The van der Waals surface area contributed by atoms with E-state index in [-0.39, 0.29) is 0 Å². The highest BCUT2D eigenvalue weighted by Gasteiger charge is 2.24. The highest BCUT2D eigenvalue weighted by Crippen LogP contribution is 2.46. The zero-order chi connectivity index (χ0) is 17.7. The van der Waals surface area contributed by atoms with Crippen LogP contribution >= 0.6 is 0 Å². The van der Waals surface area contributed by atoms with Crippen molar-refractivity contribution in [3.63, 3.8) is 0 Å². The third kappa shape index (κ3) is 2.33. The molecule has 2 aliphatic rings. The van der Waals surface area contributed by atoms with Crippen LogP contribution < -0.4 is 9.47 Å². The Morgan fingerprint density at radius 2 is 1.54 bits per heavy atom. The fourth-order valence-electron chi connectivity index (χ4n) is 3.80. The van der Waals surface area contributed by atoms with Gasteiger partial charge in [-0.25, -0.2) is 0 Å². The van der Waals surface area contributed by atoms with Gasteiger partial charge >= 0.3 is 0 Å². The number of fused-ring (bicyclic) bond motifs is 4. The molecule has 5 rings (SSSR count). The molecular formula is C24H20O2. The summed E-state index contributed by atoms with van der Waals surface area (Å²) >= 11 is 0. The number of ether oxygens (including phenoxy) is 2. The fourth-order valence-corrected chi connectivity index (χ4v) is 3.80. The molecule has 0 atom stereocenters. The maximum atomic E-state index is 5.54. The van der Waals surface area contributed by atoms with Crippen molar-refractivity contribution in [2.75, 3.05) is 6.79 Å². The van der Waals surface area contributed by atoms with Gasteiger partial charge in [0, 0.05) is 0 Å². The summed E-state index contributed by atoms with van der Waals surface area (Å²) in [5.41, 5.74) is 9.00. The maximum absolute atomic E-state index is 5.54. The van der Waals surface area contributed by atoms with Crippen molar-refractivity contribution in [2.45, 2.75) is 19.8 Å². The minimum Gasteiger partial charge on any atom is -0.454 e. The summed E-state index contributed by atoms with van der Waals surface area (Å²) in [7, 11) is 0. The molecule has 0 bridgehead atoms. The van der Waals surface area contributed by atoms with Crippen molar-refractivity contribution in [1.29, 1.82) is 0 Å². The Morgan fingerprint density at radius 3 is 2.38 bits per heavy atom. The second-order valence-electron chi connectivity index (χ2n) is 7.18. The van der Waals surface area contributed by atoms with Crippen LogP contribution in [0.3, 0.4) is 0 Å². The van der Waals surface area contributed by atoms with E-state index in [1.165, 1.54) is 33.4 Å². The van der Waals surface area contributed by atoms with E-state index in [2.05, 4.69) is 74.5 Å². The third-order valence-corrected chi connectivity index (χ3v) is 5.22. The van der Waals surface area contributed by atoms with Crippen LogP contribution in [0.1, 0.15) is 42.0 Å². The Balaban J connectivity index is 1.70. The maximum Gasteiger partial charge on any atom is 0.231 e. The van der Waals surface area contributed by atoms with E-state index in [0.717, 1.165) is 17.1 Å². The van der Waals surface area contributed by atoms with Crippen molar-refractivity contribution in [1.82, 2.24) is 0 Å². The molecule has 0 radical (unpaired) electrons. The van der Waals surface area contributed by atoms with Crippen LogP contribution in [0.5, 0.6) is 11.5 Å². The first-order valence-corrected chi connectivity index (χ1v) is 9.06. The Morgan fingerprint density at radius 1 is 0.769 bits per heavy atom. The van der Waals surface area contributed by atoms with Crippen molar-refractivity contribution >= 4 is 11.6 Å². The largest absolute Gasteiger partial charge is 0.454 e. The molecule has 0 amide bonds. The first-order chi connectivity index (χ1) is 12.7. The number of hydrogen-bond donors (Lipinski definition) is 0. The van der Waals surface area contributed by atoms with E-state index >= 15 is 0 Å². The van der Waals surface area contributed by atoms with Crippen LogP contribution in [0, 0.1) is 0 Å². The van der Waals surface area contributed by atoms with Gasteiger partial charge in [0.25, 0.3) is 0 Å². The lowest BCUT2D eigenvalue weighted by atomic mass is 9.95. The molecular weight excluding hydrogens is 320 g/mol. The summed E-state index contributed by atoms with van der Waals surface area (Å²) in [4.78, 5) is 0. The van der Waals surface area contributed by atoms with Gasteiger partial charge in [-0.1, -0.05) is 62.4 Å². The molecule has 0 N–H and O–H groups in total. The van der Waals surface area contributed by atoms with E-state index in [9.17, 15) is 0 Å². The highest BCUT2D eigenvalue weighted by molar-refractivity contribution is 6.06. The van der Waals surface area contributed by atoms with E-state index in [4.69, 9.17) is 9.47 Å².